The van der Waals surface area contributed by atoms with Gasteiger partial charge < -0.3 is 10.1 Å². The third-order valence-corrected chi connectivity index (χ3v) is 3.17. The van der Waals surface area contributed by atoms with Crippen molar-refractivity contribution in [1.82, 2.24) is 5.32 Å². The second kappa shape index (κ2) is 9.04. The Morgan fingerprint density at radius 1 is 1.47 bits per heavy atom. The van der Waals surface area contributed by atoms with Crippen LogP contribution < -0.4 is 5.32 Å². The quantitative estimate of drug-likeness (QED) is 0.651. The Morgan fingerprint density at radius 2 is 2.13 bits per heavy atom. The van der Waals surface area contributed by atoms with E-state index in [0.29, 0.717) is 11.9 Å². The lowest BCUT2D eigenvalue weighted by Crippen LogP contribution is -2.40. The van der Waals surface area contributed by atoms with Gasteiger partial charge in [-0.15, -0.1) is 0 Å². The maximum absolute atomic E-state index is 11.5. The number of carbonyl (C=O) groups is 1. The largest absolute Gasteiger partial charge is 0.465 e. The van der Waals surface area contributed by atoms with Gasteiger partial charge in [-0.3, -0.25) is 4.79 Å². The normalized spacial score (nSPS) is 14.7. The average molecular weight is 233 g/mol. The maximum atomic E-state index is 11.5. The molecule has 3 nitrogen and oxygen atoms in total. The molecule has 0 saturated heterocycles. The molecule has 0 aliphatic heterocycles. The fourth-order valence-corrected chi connectivity index (χ4v) is 1.49. The summed E-state index contributed by atoms with van der Waals surface area (Å²) in [4.78, 5) is 11.5. The SMILES string of the molecule is CCCC(NCC(C)SC)C(=O)OCC. The van der Waals surface area contributed by atoms with Crippen molar-refractivity contribution in [3.63, 3.8) is 0 Å². The summed E-state index contributed by atoms with van der Waals surface area (Å²) in [5.41, 5.74) is 0. The van der Waals surface area contributed by atoms with Crippen LogP contribution in [-0.4, -0.2) is 36.7 Å². The summed E-state index contributed by atoms with van der Waals surface area (Å²) in [5, 5.41) is 3.79. The van der Waals surface area contributed by atoms with Crippen molar-refractivity contribution in [2.45, 2.75) is 44.9 Å². The van der Waals surface area contributed by atoms with Crippen LogP contribution in [0.3, 0.4) is 0 Å². The van der Waals surface area contributed by atoms with Crippen molar-refractivity contribution >= 4 is 17.7 Å². The molecule has 0 bridgehead atoms. The Morgan fingerprint density at radius 3 is 2.60 bits per heavy atom. The van der Waals surface area contributed by atoms with Crippen molar-refractivity contribution in [3.05, 3.63) is 0 Å². The molecule has 0 saturated carbocycles. The molecule has 2 atom stereocenters. The summed E-state index contributed by atoms with van der Waals surface area (Å²) >= 11 is 1.80. The molecule has 0 radical (unpaired) electrons. The minimum atomic E-state index is -0.135. The number of hydrogen-bond donors (Lipinski definition) is 1. The number of nitrogens with one attached hydrogen (secondary N) is 1. The molecule has 90 valence electrons. The molecule has 0 amide bonds. The minimum absolute atomic E-state index is 0.118. The van der Waals surface area contributed by atoms with Gasteiger partial charge in [-0.05, 0) is 19.6 Å². The topological polar surface area (TPSA) is 38.3 Å². The average Bonchev–Trinajstić information content (AvgIpc) is 2.23. The van der Waals surface area contributed by atoms with E-state index in [9.17, 15) is 4.79 Å². The first kappa shape index (κ1) is 14.8. The van der Waals surface area contributed by atoms with E-state index >= 15 is 0 Å². The monoisotopic (exact) mass is 233 g/mol. The lowest BCUT2D eigenvalue weighted by atomic mass is 10.1. The molecule has 15 heavy (non-hydrogen) atoms. The first-order valence-corrected chi connectivity index (χ1v) is 6.87. The summed E-state index contributed by atoms with van der Waals surface area (Å²) in [6.45, 7) is 7.37. The standard InChI is InChI=1S/C11H23NO2S/c1-5-7-10(11(13)14-6-2)12-8-9(3)15-4/h9-10,12H,5-8H2,1-4H3. The number of carbonyl (C=O) groups excluding carboxylic acids is 1. The lowest BCUT2D eigenvalue weighted by Gasteiger charge is -2.18. The fraction of sp³-hybridized carbons (Fsp3) is 0.909. The summed E-state index contributed by atoms with van der Waals surface area (Å²) in [5.74, 6) is -0.118. The molecule has 0 aromatic carbocycles. The highest BCUT2D eigenvalue weighted by Crippen LogP contribution is 2.05. The van der Waals surface area contributed by atoms with Crippen LogP contribution in [0.15, 0.2) is 0 Å². The molecular weight excluding hydrogens is 210 g/mol. The first-order chi connectivity index (χ1) is 7.15. The van der Waals surface area contributed by atoms with Crippen molar-refractivity contribution in [2.75, 3.05) is 19.4 Å². The predicted octanol–water partition coefficient (Wildman–Crippen LogP) is 2.06. The van der Waals surface area contributed by atoms with Crippen LogP contribution in [-0.2, 0) is 9.53 Å². The summed E-state index contributed by atoms with van der Waals surface area (Å²) in [6, 6.07) is -0.135. The predicted molar refractivity (Wildman–Crippen MR) is 66.3 cm³/mol. The van der Waals surface area contributed by atoms with Crippen molar-refractivity contribution in [2.24, 2.45) is 0 Å². The molecule has 1 N–H and O–H groups in total. The fourth-order valence-electron chi connectivity index (χ4n) is 1.23. The molecule has 0 heterocycles. The van der Waals surface area contributed by atoms with Crippen molar-refractivity contribution < 1.29 is 9.53 Å². The molecule has 0 rings (SSSR count). The van der Waals surface area contributed by atoms with Crippen molar-refractivity contribution in [1.29, 1.82) is 0 Å². The molecule has 0 aromatic rings. The van der Waals surface area contributed by atoms with Crippen LogP contribution in [0.5, 0.6) is 0 Å². The van der Waals surface area contributed by atoms with Crippen LogP contribution >= 0.6 is 11.8 Å². The molecular formula is C11H23NO2S. The Labute approximate surface area is 97.3 Å². The maximum Gasteiger partial charge on any atom is 0.323 e. The lowest BCUT2D eigenvalue weighted by molar-refractivity contribution is -0.145. The van der Waals surface area contributed by atoms with Gasteiger partial charge in [0.15, 0.2) is 0 Å². The van der Waals surface area contributed by atoms with E-state index in [1.165, 1.54) is 0 Å². The highest BCUT2D eigenvalue weighted by molar-refractivity contribution is 7.99. The summed E-state index contributed by atoms with van der Waals surface area (Å²) in [7, 11) is 0. The highest BCUT2D eigenvalue weighted by Gasteiger charge is 2.18. The van der Waals surface area contributed by atoms with Gasteiger partial charge in [-0.2, -0.15) is 11.8 Å². The van der Waals surface area contributed by atoms with Crippen LogP contribution in [0, 0.1) is 0 Å². The number of thioether (sulfide) groups is 1. The molecule has 0 aliphatic carbocycles. The van der Waals surface area contributed by atoms with E-state index in [1.54, 1.807) is 11.8 Å². The van der Waals surface area contributed by atoms with E-state index in [1.807, 2.05) is 6.92 Å². The van der Waals surface area contributed by atoms with Crippen LogP contribution in [0.2, 0.25) is 0 Å². The van der Waals surface area contributed by atoms with Gasteiger partial charge >= 0.3 is 5.97 Å². The molecule has 2 unspecified atom stereocenters. The first-order valence-electron chi connectivity index (χ1n) is 5.58. The zero-order chi connectivity index (χ0) is 11.7. The third-order valence-electron chi connectivity index (χ3n) is 2.20. The Kier molecular flexibility index (Phi) is 8.91. The second-order valence-corrected chi connectivity index (χ2v) is 4.82. The van der Waals surface area contributed by atoms with E-state index in [2.05, 4.69) is 25.4 Å². The molecule has 0 aliphatic rings. The van der Waals surface area contributed by atoms with E-state index in [0.717, 1.165) is 19.4 Å². The van der Waals surface area contributed by atoms with Crippen LogP contribution in [0.1, 0.15) is 33.6 Å². The Bertz CT molecular complexity index is 176. The minimum Gasteiger partial charge on any atom is -0.465 e. The van der Waals surface area contributed by atoms with Crippen LogP contribution in [0.4, 0.5) is 0 Å². The van der Waals surface area contributed by atoms with Gasteiger partial charge in [0.05, 0.1) is 6.61 Å². The van der Waals surface area contributed by atoms with E-state index < -0.39 is 0 Å². The Balaban J connectivity index is 3.97. The van der Waals surface area contributed by atoms with Crippen molar-refractivity contribution in [3.8, 4) is 0 Å². The Hall–Kier alpha value is -0.220. The molecule has 4 heteroatoms. The molecule has 0 spiro atoms. The molecule has 0 aromatic heterocycles. The third kappa shape index (κ3) is 6.79. The zero-order valence-electron chi connectivity index (χ0n) is 10.2. The van der Waals surface area contributed by atoms with E-state index in [-0.39, 0.29) is 12.0 Å². The number of esters is 1. The van der Waals surface area contributed by atoms with Gasteiger partial charge in [0.1, 0.15) is 6.04 Å². The van der Waals surface area contributed by atoms with Crippen LogP contribution in [0.25, 0.3) is 0 Å². The summed E-state index contributed by atoms with van der Waals surface area (Å²) < 4.78 is 5.01. The van der Waals surface area contributed by atoms with E-state index in [4.69, 9.17) is 4.74 Å². The zero-order valence-corrected chi connectivity index (χ0v) is 11.0. The van der Waals surface area contributed by atoms with Gasteiger partial charge in [-0.1, -0.05) is 20.3 Å². The highest BCUT2D eigenvalue weighted by atomic mass is 32.2. The van der Waals surface area contributed by atoms with Gasteiger partial charge in [0, 0.05) is 11.8 Å². The number of hydrogen-bond acceptors (Lipinski definition) is 4. The van der Waals surface area contributed by atoms with Gasteiger partial charge in [0.25, 0.3) is 0 Å². The van der Waals surface area contributed by atoms with Gasteiger partial charge in [0.2, 0.25) is 0 Å². The number of ether oxygens (including phenoxy) is 1. The smallest absolute Gasteiger partial charge is 0.323 e. The van der Waals surface area contributed by atoms with Gasteiger partial charge in [-0.25, -0.2) is 0 Å². The summed E-state index contributed by atoms with van der Waals surface area (Å²) in [6.07, 6.45) is 3.91. The number of rotatable bonds is 8. The second-order valence-electron chi connectivity index (χ2n) is 3.55. The molecule has 0 fully saturated rings.